The minimum Gasteiger partial charge on any atom is -0.465 e. The summed E-state index contributed by atoms with van der Waals surface area (Å²) in [6.07, 6.45) is 11.5. The topological polar surface area (TPSA) is 29.5 Å². The molecule has 2 aliphatic rings. The quantitative estimate of drug-likeness (QED) is 0.689. The molecule has 1 aliphatic heterocycles. The molecule has 1 atom stereocenters. The number of methoxy groups -OCH3 is 1. The maximum atomic E-state index is 11.7. The highest BCUT2D eigenvalue weighted by molar-refractivity contribution is 5.92. The lowest BCUT2D eigenvalue weighted by Gasteiger charge is -2.30. The molecule has 1 heterocycles. The lowest BCUT2D eigenvalue weighted by molar-refractivity contribution is -0.135. The second kappa shape index (κ2) is 6.40. The molecule has 1 aliphatic carbocycles. The molecule has 0 N–H and O–H groups in total. The van der Waals surface area contributed by atoms with E-state index in [4.69, 9.17) is 4.74 Å². The third-order valence-corrected chi connectivity index (χ3v) is 4.39. The molecule has 1 saturated heterocycles. The molecule has 0 aromatic rings. The van der Waals surface area contributed by atoms with Gasteiger partial charge in [0.2, 0.25) is 0 Å². The van der Waals surface area contributed by atoms with E-state index in [1.54, 1.807) is 0 Å². The third kappa shape index (κ3) is 3.60. The Kier molecular flexibility index (Phi) is 4.81. The van der Waals surface area contributed by atoms with Crippen LogP contribution in [0.2, 0.25) is 0 Å². The summed E-state index contributed by atoms with van der Waals surface area (Å²) in [7, 11) is 3.61. The van der Waals surface area contributed by atoms with E-state index >= 15 is 0 Å². The number of carbonyl (C=O) groups is 1. The third-order valence-electron chi connectivity index (χ3n) is 4.39. The lowest BCUT2D eigenvalue weighted by atomic mass is 9.76. The van der Waals surface area contributed by atoms with Crippen LogP contribution in [0.5, 0.6) is 0 Å². The summed E-state index contributed by atoms with van der Waals surface area (Å²) in [5.74, 6) is -0.277. The lowest BCUT2D eigenvalue weighted by Crippen LogP contribution is -2.25. The van der Waals surface area contributed by atoms with Gasteiger partial charge in [-0.1, -0.05) is 24.3 Å². The van der Waals surface area contributed by atoms with E-state index in [2.05, 4.69) is 24.6 Å². The van der Waals surface area contributed by atoms with Crippen molar-refractivity contribution >= 4 is 5.97 Å². The number of carbonyl (C=O) groups excluding carboxylic acids is 1. The van der Waals surface area contributed by atoms with Gasteiger partial charge in [-0.25, -0.2) is 4.79 Å². The molecule has 0 aromatic heterocycles. The van der Waals surface area contributed by atoms with Gasteiger partial charge in [0.05, 0.1) is 12.7 Å². The maximum absolute atomic E-state index is 11.7. The van der Waals surface area contributed by atoms with Crippen molar-refractivity contribution < 1.29 is 9.53 Å². The van der Waals surface area contributed by atoms with Crippen molar-refractivity contribution in [3.05, 3.63) is 36.0 Å². The zero-order valence-electron chi connectivity index (χ0n) is 12.7. The summed E-state index contributed by atoms with van der Waals surface area (Å²) in [4.78, 5) is 14.2. The number of likely N-dealkylation sites (tertiary alicyclic amines) is 1. The molecule has 0 saturated carbocycles. The average molecular weight is 275 g/mol. The first kappa shape index (κ1) is 15.0. The van der Waals surface area contributed by atoms with Crippen LogP contribution in [0.15, 0.2) is 36.0 Å². The highest BCUT2D eigenvalue weighted by atomic mass is 16.5. The van der Waals surface area contributed by atoms with E-state index in [1.807, 2.05) is 12.2 Å². The number of ether oxygens (including phenoxy) is 1. The number of rotatable bonds is 1. The number of esters is 1. The molecule has 0 unspecified atom stereocenters. The molecule has 0 bridgehead atoms. The standard InChI is InChI=1S/C17H25NO2/c1-14-11-15(16(19)20-3)7-5-4-6-8-17(12-14)9-10-18(2)13-17/h5,7,11H,1,4,6,8-10,12-13H2,2-3H3/b7-5-,15-11+/t17-/m1/s1. The van der Waals surface area contributed by atoms with Gasteiger partial charge in [-0.3, -0.25) is 0 Å². The maximum Gasteiger partial charge on any atom is 0.337 e. The van der Waals surface area contributed by atoms with Gasteiger partial charge in [-0.05, 0) is 57.2 Å². The van der Waals surface area contributed by atoms with Crippen LogP contribution in [0.25, 0.3) is 0 Å². The van der Waals surface area contributed by atoms with Gasteiger partial charge in [0.15, 0.2) is 0 Å². The number of hydrogen-bond acceptors (Lipinski definition) is 3. The van der Waals surface area contributed by atoms with Crippen molar-refractivity contribution in [3.63, 3.8) is 0 Å². The van der Waals surface area contributed by atoms with Crippen LogP contribution in [-0.2, 0) is 9.53 Å². The first-order chi connectivity index (χ1) is 9.54. The zero-order chi connectivity index (χ0) is 14.6. The van der Waals surface area contributed by atoms with Gasteiger partial charge in [-0.15, -0.1) is 0 Å². The Balaban J connectivity index is 2.20. The van der Waals surface area contributed by atoms with Gasteiger partial charge in [0, 0.05) is 6.54 Å². The highest BCUT2D eigenvalue weighted by Crippen LogP contribution is 2.41. The molecule has 0 aromatic carbocycles. The first-order valence-electron chi connectivity index (χ1n) is 7.38. The van der Waals surface area contributed by atoms with Gasteiger partial charge >= 0.3 is 5.97 Å². The molecule has 1 spiro atoms. The van der Waals surface area contributed by atoms with Crippen molar-refractivity contribution in [2.45, 2.75) is 32.1 Å². The predicted octanol–water partition coefficient (Wildman–Crippen LogP) is 3.09. The Morgan fingerprint density at radius 3 is 2.90 bits per heavy atom. The van der Waals surface area contributed by atoms with E-state index < -0.39 is 0 Å². The first-order valence-corrected chi connectivity index (χ1v) is 7.38. The van der Waals surface area contributed by atoms with Crippen molar-refractivity contribution in [2.24, 2.45) is 5.41 Å². The van der Waals surface area contributed by atoms with Crippen LogP contribution in [0.3, 0.4) is 0 Å². The Labute approximate surface area is 122 Å². The Bertz CT molecular complexity index is 450. The smallest absolute Gasteiger partial charge is 0.337 e. The van der Waals surface area contributed by atoms with Crippen molar-refractivity contribution in [3.8, 4) is 0 Å². The molecule has 3 heteroatoms. The molecule has 2 rings (SSSR count). The van der Waals surface area contributed by atoms with Gasteiger partial charge in [-0.2, -0.15) is 0 Å². The number of allylic oxidation sites excluding steroid dienone is 3. The minimum absolute atomic E-state index is 0.277. The van der Waals surface area contributed by atoms with Gasteiger partial charge in [0.1, 0.15) is 0 Å². The molecule has 1 fully saturated rings. The molecule has 20 heavy (non-hydrogen) atoms. The van der Waals surface area contributed by atoms with E-state index in [0.717, 1.165) is 31.5 Å². The fourth-order valence-corrected chi connectivity index (χ4v) is 3.45. The molecule has 0 amide bonds. The predicted molar refractivity (Wildman–Crippen MR) is 81.4 cm³/mol. The van der Waals surface area contributed by atoms with Crippen LogP contribution < -0.4 is 0 Å². The summed E-state index contributed by atoms with van der Waals surface area (Å²) in [5.41, 5.74) is 1.99. The monoisotopic (exact) mass is 275 g/mol. The molecular weight excluding hydrogens is 250 g/mol. The summed E-state index contributed by atoms with van der Waals surface area (Å²) < 4.78 is 4.83. The zero-order valence-corrected chi connectivity index (χ0v) is 12.7. The second-order valence-electron chi connectivity index (χ2n) is 6.21. The minimum atomic E-state index is -0.277. The highest BCUT2D eigenvalue weighted by Gasteiger charge is 2.36. The van der Waals surface area contributed by atoms with Crippen LogP contribution in [-0.4, -0.2) is 38.1 Å². The molecule has 110 valence electrons. The Hall–Kier alpha value is -1.35. The fourth-order valence-electron chi connectivity index (χ4n) is 3.45. The van der Waals surface area contributed by atoms with Crippen LogP contribution >= 0.6 is 0 Å². The molecular formula is C17H25NO2. The van der Waals surface area contributed by atoms with E-state index in [-0.39, 0.29) is 5.97 Å². The molecule has 3 nitrogen and oxygen atoms in total. The van der Waals surface area contributed by atoms with E-state index in [0.29, 0.717) is 11.0 Å². The van der Waals surface area contributed by atoms with Crippen LogP contribution in [0.1, 0.15) is 32.1 Å². The SMILES string of the molecule is C=C1/C=C(C(=O)OC)\C=C/CCC[C@@]2(CCN(C)C2)C1. The fraction of sp³-hybridized carbons (Fsp3) is 0.588. The van der Waals surface area contributed by atoms with Gasteiger partial charge in [0.25, 0.3) is 0 Å². The van der Waals surface area contributed by atoms with Crippen LogP contribution in [0, 0.1) is 5.41 Å². The van der Waals surface area contributed by atoms with E-state index in [9.17, 15) is 4.79 Å². The summed E-state index contributed by atoms with van der Waals surface area (Å²) in [6, 6.07) is 0. The van der Waals surface area contributed by atoms with Crippen molar-refractivity contribution in [1.82, 2.24) is 4.90 Å². The van der Waals surface area contributed by atoms with Gasteiger partial charge < -0.3 is 9.64 Å². The molecule has 0 radical (unpaired) electrons. The van der Waals surface area contributed by atoms with Crippen molar-refractivity contribution in [1.29, 1.82) is 0 Å². The number of nitrogens with zero attached hydrogens (tertiary/aromatic N) is 1. The summed E-state index contributed by atoms with van der Waals surface area (Å²) in [6.45, 7) is 6.46. The van der Waals surface area contributed by atoms with Crippen molar-refractivity contribution in [2.75, 3.05) is 27.2 Å². The largest absolute Gasteiger partial charge is 0.465 e. The van der Waals surface area contributed by atoms with E-state index in [1.165, 1.54) is 26.4 Å². The number of hydrogen-bond donors (Lipinski definition) is 0. The Morgan fingerprint density at radius 1 is 1.45 bits per heavy atom. The Morgan fingerprint density at radius 2 is 2.25 bits per heavy atom. The summed E-state index contributed by atoms with van der Waals surface area (Å²) >= 11 is 0. The van der Waals surface area contributed by atoms with Crippen LogP contribution in [0.4, 0.5) is 0 Å². The summed E-state index contributed by atoms with van der Waals surface area (Å²) in [5, 5.41) is 0. The normalized spacial score (nSPS) is 32.7. The second-order valence-corrected chi connectivity index (χ2v) is 6.21. The average Bonchev–Trinajstić information content (AvgIpc) is 2.77.